The van der Waals surface area contributed by atoms with Gasteiger partial charge in [0, 0.05) is 30.2 Å². The van der Waals surface area contributed by atoms with Gasteiger partial charge in [-0.1, -0.05) is 24.9 Å². The SMILES string of the molecule is CCCCNC(=O)C1CC(=O)N(c2ccc(Cl)cc2)C1. The Labute approximate surface area is 124 Å². The summed E-state index contributed by atoms with van der Waals surface area (Å²) in [6.45, 7) is 3.20. The highest BCUT2D eigenvalue weighted by atomic mass is 35.5. The van der Waals surface area contributed by atoms with Crippen LogP contribution in [0.15, 0.2) is 24.3 Å². The molecule has 1 aromatic carbocycles. The first-order valence-electron chi connectivity index (χ1n) is 6.95. The van der Waals surface area contributed by atoms with Gasteiger partial charge in [0.1, 0.15) is 0 Å². The minimum absolute atomic E-state index is 0.0111. The van der Waals surface area contributed by atoms with E-state index in [-0.39, 0.29) is 24.2 Å². The highest BCUT2D eigenvalue weighted by Gasteiger charge is 2.34. The fourth-order valence-electron chi connectivity index (χ4n) is 2.29. The number of carbonyl (C=O) groups is 2. The van der Waals surface area contributed by atoms with Crippen LogP contribution in [0.4, 0.5) is 5.69 Å². The fraction of sp³-hybridized carbons (Fsp3) is 0.467. The first kappa shape index (κ1) is 14.9. The molecule has 1 fully saturated rings. The summed E-state index contributed by atoms with van der Waals surface area (Å²) in [6.07, 6.45) is 2.29. The van der Waals surface area contributed by atoms with Crippen molar-refractivity contribution in [2.24, 2.45) is 5.92 Å². The predicted molar refractivity (Wildman–Crippen MR) is 79.8 cm³/mol. The molecule has 1 saturated heterocycles. The van der Waals surface area contributed by atoms with Gasteiger partial charge in [-0.2, -0.15) is 0 Å². The van der Waals surface area contributed by atoms with Gasteiger partial charge in [-0.15, -0.1) is 0 Å². The number of hydrogen-bond donors (Lipinski definition) is 1. The number of nitrogens with one attached hydrogen (secondary N) is 1. The van der Waals surface area contributed by atoms with E-state index in [9.17, 15) is 9.59 Å². The van der Waals surface area contributed by atoms with E-state index in [1.165, 1.54) is 0 Å². The summed E-state index contributed by atoms with van der Waals surface area (Å²) in [5.41, 5.74) is 0.795. The van der Waals surface area contributed by atoms with Crippen LogP contribution in [-0.4, -0.2) is 24.9 Å². The lowest BCUT2D eigenvalue weighted by Crippen LogP contribution is -2.33. The molecule has 1 aliphatic rings. The largest absolute Gasteiger partial charge is 0.356 e. The molecule has 1 atom stereocenters. The highest BCUT2D eigenvalue weighted by Crippen LogP contribution is 2.26. The number of amides is 2. The Morgan fingerprint density at radius 2 is 2.10 bits per heavy atom. The topological polar surface area (TPSA) is 49.4 Å². The van der Waals surface area contributed by atoms with Crippen LogP contribution >= 0.6 is 11.6 Å². The molecule has 0 spiro atoms. The number of unbranched alkanes of at least 4 members (excludes halogenated alkanes) is 1. The summed E-state index contributed by atoms with van der Waals surface area (Å²) in [5, 5.41) is 3.52. The third kappa shape index (κ3) is 3.51. The Morgan fingerprint density at radius 1 is 1.40 bits per heavy atom. The van der Waals surface area contributed by atoms with Crippen LogP contribution < -0.4 is 10.2 Å². The van der Waals surface area contributed by atoms with E-state index in [4.69, 9.17) is 11.6 Å². The molecule has 0 bridgehead atoms. The van der Waals surface area contributed by atoms with Crippen LogP contribution in [0.5, 0.6) is 0 Å². The molecular formula is C15H19ClN2O2. The van der Waals surface area contributed by atoms with Gasteiger partial charge in [-0.25, -0.2) is 0 Å². The average molecular weight is 295 g/mol. The van der Waals surface area contributed by atoms with Crippen molar-refractivity contribution in [3.8, 4) is 0 Å². The van der Waals surface area contributed by atoms with E-state index in [2.05, 4.69) is 12.2 Å². The Kier molecular flexibility index (Phi) is 5.01. The normalized spacial score (nSPS) is 18.4. The van der Waals surface area contributed by atoms with Crippen molar-refractivity contribution in [3.63, 3.8) is 0 Å². The zero-order valence-electron chi connectivity index (χ0n) is 11.6. The van der Waals surface area contributed by atoms with Crippen LogP contribution in [0.3, 0.4) is 0 Å². The molecule has 4 nitrogen and oxygen atoms in total. The lowest BCUT2D eigenvalue weighted by atomic mass is 10.1. The monoisotopic (exact) mass is 294 g/mol. The number of hydrogen-bond acceptors (Lipinski definition) is 2. The number of halogens is 1. The minimum Gasteiger partial charge on any atom is -0.356 e. The molecule has 0 aromatic heterocycles. The van der Waals surface area contributed by atoms with Crippen molar-refractivity contribution in [1.82, 2.24) is 5.32 Å². The first-order chi connectivity index (χ1) is 9.61. The third-order valence-corrected chi connectivity index (χ3v) is 3.72. The molecule has 2 amide bonds. The van der Waals surface area contributed by atoms with Gasteiger partial charge in [-0.05, 0) is 30.7 Å². The zero-order chi connectivity index (χ0) is 14.5. The average Bonchev–Trinajstić information content (AvgIpc) is 2.82. The predicted octanol–water partition coefficient (Wildman–Crippen LogP) is 2.61. The number of anilines is 1. The minimum atomic E-state index is -0.255. The van der Waals surface area contributed by atoms with Gasteiger partial charge >= 0.3 is 0 Å². The Morgan fingerprint density at radius 3 is 2.75 bits per heavy atom. The van der Waals surface area contributed by atoms with Gasteiger partial charge < -0.3 is 10.2 Å². The Balaban J connectivity index is 1.96. The summed E-state index contributed by atoms with van der Waals surface area (Å²) < 4.78 is 0. The number of benzene rings is 1. The maximum atomic E-state index is 12.0. The third-order valence-electron chi connectivity index (χ3n) is 3.46. The van der Waals surface area contributed by atoms with Crippen molar-refractivity contribution < 1.29 is 9.59 Å². The highest BCUT2D eigenvalue weighted by molar-refractivity contribution is 6.30. The molecule has 0 radical (unpaired) electrons. The molecule has 1 heterocycles. The van der Waals surface area contributed by atoms with Crippen LogP contribution in [0.25, 0.3) is 0 Å². The van der Waals surface area contributed by atoms with Gasteiger partial charge in [0.15, 0.2) is 0 Å². The van der Waals surface area contributed by atoms with E-state index in [1.807, 2.05) is 0 Å². The molecule has 20 heavy (non-hydrogen) atoms. The molecule has 1 aliphatic heterocycles. The van der Waals surface area contributed by atoms with Crippen LogP contribution in [0, 0.1) is 5.92 Å². The van der Waals surface area contributed by atoms with Crippen molar-refractivity contribution in [2.75, 3.05) is 18.0 Å². The molecule has 0 aliphatic carbocycles. The van der Waals surface area contributed by atoms with Crippen molar-refractivity contribution in [3.05, 3.63) is 29.3 Å². The second-order valence-electron chi connectivity index (χ2n) is 5.03. The molecule has 2 rings (SSSR count). The maximum absolute atomic E-state index is 12.0. The van der Waals surface area contributed by atoms with E-state index in [0.717, 1.165) is 18.5 Å². The van der Waals surface area contributed by atoms with Gasteiger partial charge in [0.05, 0.1) is 5.92 Å². The van der Waals surface area contributed by atoms with E-state index in [0.29, 0.717) is 18.1 Å². The zero-order valence-corrected chi connectivity index (χ0v) is 12.3. The van der Waals surface area contributed by atoms with Gasteiger partial charge in [0.25, 0.3) is 0 Å². The molecule has 1 aromatic rings. The number of carbonyl (C=O) groups excluding carboxylic acids is 2. The van der Waals surface area contributed by atoms with Crippen molar-refractivity contribution >= 4 is 29.1 Å². The van der Waals surface area contributed by atoms with Crippen LogP contribution in [0.1, 0.15) is 26.2 Å². The molecular weight excluding hydrogens is 276 g/mol. The fourth-order valence-corrected chi connectivity index (χ4v) is 2.41. The second-order valence-corrected chi connectivity index (χ2v) is 5.46. The first-order valence-corrected chi connectivity index (χ1v) is 7.33. The maximum Gasteiger partial charge on any atom is 0.227 e. The van der Waals surface area contributed by atoms with Crippen molar-refractivity contribution in [1.29, 1.82) is 0 Å². The second kappa shape index (κ2) is 6.75. The molecule has 1 unspecified atom stereocenters. The van der Waals surface area contributed by atoms with E-state index < -0.39 is 0 Å². The molecule has 108 valence electrons. The Hall–Kier alpha value is -1.55. The molecule has 5 heteroatoms. The van der Waals surface area contributed by atoms with Gasteiger partial charge in [-0.3, -0.25) is 9.59 Å². The molecule has 0 saturated carbocycles. The van der Waals surface area contributed by atoms with E-state index >= 15 is 0 Å². The summed E-state index contributed by atoms with van der Waals surface area (Å²) in [7, 11) is 0. The van der Waals surface area contributed by atoms with Crippen LogP contribution in [0.2, 0.25) is 5.02 Å². The Bertz CT molecular complexity index is 487. The van der Waals surface area contributed by atoms with Crippen LogP contribution in [-0.2, 0) is 9.59 Å². The number of nitrogens with zero attached hydrogens (tertiary/aromatic N) is 1. The van der Waals surface area contributed by atoms with E-state index in [1.54, 1.807) is 29.2 Å². The quantitative estimate of drug-likeness (QED) is 0.849. The van der Waals surface area contributed by atoms with Crippen molar-refractivity contribution in [2.45, 2.75) is 26.2 Å². The summed E-state index contributed by atoms with van der Waals surface area (Å²) in [6, 6.07) is 7.10. The summed E-state index contributed by atoms with van der Waals surface area (Å²) >= 11 is 5.84. The lowest BCUT2D eigenvalue weighted by Gasteiger charge is -2.16. The summed E-state index contributed by atoms with van der Waals surface area (Å²) in [4.78, 5) is 25.7. The smallest absolute Gasteiger partial charge is 0.227 e. The summed E-state index contributed by atoms with van der Waals surface area (Å²) in [5.74, 6) is -0.290. The number of rotatable bonds is 5. The standard InChI is InChI=1S/C15H19ClN2O2/c1-2-3-8-17-15(20)11-9-14(19)18(10-11)13-6-4-12(16)5-7-13/h4-7,11H,2-3,8-10H2,1H3,(H,17,20). The molecule has 1 N–H and O–H groups in total. The lowest BCUT2D eigenvalue weighted by molar-refractivity contribution is -0.126. The van der Waals surface area contributed by atoms with Gasteiger partial charge in [0.2, 0.25) is 11.8 Å².